The lowest BCUT2D eigenvalue weighted by molar-refractivity contribution is -0.384. The standard InChI is InChI=1S/C10H7FIN3O3S/c11-6-1-8(9(15(17)18)2-7(6)12)13-3-5-4-19-10(16)14-5/h1-2,4,13H,3H2,(H,14,16). The fourth-order valence-corrected chi connectivity index (χ4v) is 2.45. The van der Waals surface area contributed by atoms with Gasteiger partial charge in [-0.05, 0) is 22.6 Å². The zero-order chi connectivity index (χ0) is 14.0. The summed E-state index contributed by atoms with van der Waals surface area (Å²) in [7, 11) is 0. The SMILES string of the molecule is O=c1[nH]c(CNc2cc(F)c(I)cc2[N+](=O)[O-])cs1. The van der Waals surface area contributed by atoms with Crippen molar-refractivity contribution in [3.8, 4) is 0 Å². The van der Waals surface area contributed by atoms with Gasteiger partial charge in [-0.15, -0.1) is 0 Å². The molecule has 1 heterocycles. The molecule has 2 aromatic rings. The maximum absolute atomic E-state index is 13.4. The number of aromatic amines is 1. The van der Waals surface area contributed by atoms with Crippen molar-refractivity contribution in [2.24, 2.45) is 0 Å². The van der Waals surface area contributed by atoms with Crippen LogP contribution in [0.1, 0.15) is 5.69 Å². The summed E-state index contributed by atoms with van der Waals surface area (Å²) in [6.45, 7) is 0.180. The number of hydrogen-bond donors (Lipinski definition) is 2. The third kappa shape index (κ3) is 3.29. The molecule has 0 aliphatic carbocycles. The first-order valence-corrected chi connectivity index (χ1v) is 6.97. The molecule has 0 atom stereocenters. The van der Waals surface area contributed by atoms with Crippen molar-refractivity contribution in [1.29, 1.82) is 0 Å². The van der Waals surface area contributed by atoms with E-state index in [0.29, 0.717) is 5.69 Å². The average molecular weight is 395 g/mol. The summed E-state index contributed by atoms with van der Waals surface area (Å²) in [4.78, 5) is 23.6. The first kappa shape index (κ1) is 13.9. The Bertz CT molecular complexity index is 685. The van der Waals surface area contributed by atoms with Crippen LogP contribution in [0.25, 0.3) is 0 Å². The van der Waals surface area contributed by atoms with Gasteiger partial charge in [0.2, 0.25) is 0 Å². The molecule has 0 aliphatic rings. The molecule has 100 valence electrons. The number of nitrogens with zero attached hydrogens (tertiary/aromatic N) is 1. The van der Waals surface area contributed by atoms with Crippen LogP contribution in [-0.2, 0) is 6.54 Å². The first-order chi connectivity index (χ1) is 8.97. The Hall–Kier alpha value is -1.49. The lowest BCUT2D eigenvalue weighted by Gasteiger charge is -2.06. The van der Waals surface area contributed by atoms with E-state index in [4.69, 9.17) is 0 Å². The van der Waals surface area contributed by atoms with E-state index in [-0.39, 0.29) is 26.4 Å². The molecular weight excluding hydrogens is 388 g/mol. The highest BCUT2D eigenvalue weighted by atomic mass is 127. The number of nitrogens with one attached hydrogen (secondary N) is 2. The molecule has 0 amide bonds. The largest absolute Gasteiger partial charge is 0.374 e. The molecule has 1 aromatic heterocycles. The van der Waals surface area contributed by atoms with E-state index in [1.165, 1.54) is 0 Å². The first-order valence-electron chi connectivity index (χ1n) is 5.01. The van der Waals surface area contributed by atoms with E-state index >= 15 is 0 Å². The summed E-state index contributed by atoms with van der Waals surface area (Å²) in [5, 5.41) is 15.2. The quantitative estimate of drug-likeness (QED) is 0.474. The van der Waals surface area contributed by atoms with Gasteiger partial charge in [0.1, 0.15) is 11.5 Å². The lowest BCUT2D eigenvalue weighted by Crippen LogP contribution is -2.05. The van der Waals surface area contributed by atoms with Crippen LogP contribution in [0.2, 0.25) is 0 Å². The van der Waals surface area contributed by atoms with Gasteiger partial charge in [-0.25, -0.2) is 4.39 Å². The summed E-state index contributed by atoms with van der Waals surface area (Å²) in [5.74, 6) is -0.535. The second-order valence-corrected chi connectivity index (χ2v) is 5.57. The molecule has 0 saturated heterocycles. The van der Waals surface area contributed by atoms with Gasteiger partial charge in [-0.2, -0.15) is 0 Å². The van der Waals surface area contributed by atoms with E-state index in [9.17, 15) is 19.3 Å². The summed E-state index contributed by atoms with van der Waals surface area (Å²) >= 11 is 2.69. The Morgan fingerprint density at radius 2 is 2.26 bits per heavy atom. The van der Waals surface area contributed by atoms with Crippen LogP contribution in [0, 0.1) is 19.5 Å². The Morgan fingerprint density at radius 3 is 2.84 bits per heavy atom. The maximum atomic E-state index is 13.4. The summed E-state index contributed by atoms with van der Waals surface area (Å²) < 4.78 is 13.6. The zero-order valence-corrected chi connectivity index (χ0v) is 12.2. The molecule has 0 aliphatic heterocycles. The Morgan fingerprint density at radius 1 is 1.53 bits per heavy atom. The molecule has 0 unspecified atom stereocenters. The Labute approximate surface area is 124 Å². The summed E-state index contributed by atoms with van der Waals surface area (Å²) in [5.41, 5.74) is 0.460. The number of hydrogen-bond acceptors (Lipinski definition) is 5. The molecule has 0 spiro atoms. The molecular formula is C10H7FIN3O3S. The Kier molecular flexibility index (Phi) is 4.14. The number of rotatable bonds is 4. The van der Waals surface area contributed by atoms with E-state index in [2.05, 4.69) is 10.3 Å². The molecule has 0 saturated carbocycles. The third-order valence-electron chi connectivity index (χ3n) is 2.28. The van der Waals surface area contributed by atoms with Gasteiger partial charge in [0.05, 0.1) is 15.0 Å². The molecule has 2 rings (SSSR count). The normalized spacial score (nSPS) is 10.4. The van der Waals surface area contributed by atoms with E-state index in [1.54, 1.807) is 28.0 Å². The van der Waals surface area contributed by atoms with Crippen molar-refractivity contribution in [2.45, 2.75) is 6.54 Å². The van der Waals surface area contributed by atoms with Crippen LogP contribution in [0.15, 0.2) is 22.3 Å². The zero-order valence-electron chi connectivity index (χ0n) is 9.28. The van der Waals surface area contributed by atoms with Gasteiger partial charge in [-0.3, -0.25) is 14.9 Å². The van der Waals surface area contributed by atoms with Gasteiger partial charge < -0.3 is 10.3 Å². The van der Waals surface area contributed by atoms with Crippen LogP contribution in [-0.4, -0.2) is 9.91 Å². The highest BCUT2D eigenvalue weighted by Gasteiger charge is 2.17. The third-order valence-corrected chi connectivity index (χ3v) is 3.82. The van der Waals surface area contributed by atoms with Crippen molar-refractivity contribution >= 4 is 45.3 Å². The smallest absolute Gasteiger partial charge is 0.304 e. The van der Waals surface area contributed by atoms with Gasteiger partial charge in [0.15, 0.2) is 0 Å². The molecule has 9 heteroatoms. The maximum Gasteiger partial charge on any atom is 0.304 e. The van der Waals surface area contributed by atoms with Crippen molar-refractivity contribution < 1.29 is 9.31 Å². The predicted molar refractivity (Wildman–Crippen MR) is 78.0 cm³/mol. The van der Waals surface area contributed by atoms with Crippen molar-refractivity contribution in [2.75, 3.05) is 5.32 Å². The number of nitro groups is 1. The summed E-state index contributed by atoms with van der Waals surface area (Å²) in [6.07, 6.45) is 0. The minimum Gasteiger partial charge on any atom is -0.374 e. The van der Waals surface area contributed by atoms with Crippen LogP contribution in [0.3, 0.4) is 0 Å². The van der Waals surface area contributed by atoms with Gasteiger partial charge >= 0.3 is 4.87 Å². The number of H-pyrrole nitrogens is 1. The number of halogens is 2. The van der Waals surface area contributed by atoms with Crippen molar-refractivity contribution in [3.63, 3.8) is 0 Å². The van der Waals surface area contributed by atoms with Gasteiger partial charge in [-0.1, -0.05) is 11.3 Å². The fraction of sp³-hybridized carbons (Fsp3) is 0.100. The monoisotopic (exact) mass is 395 g/mol. The number of anilines is 1. The van der Waals surface area contributed by atoms with Crippen molar-refractivity contribution in [3.05, 3.63) is 52.4 Å². The number of aromatic nitrogens is 1. The van der Waals surface area contributed by atoms with Crippen LogP contribution < -0.4 is 10.2 Å². The van der Waals surface area contributed by atoms with E-state index < -0.39 is 10.7 Å². The van der Waals surface area contributed by atoms with Crippen LogP contribution >= 0.6 is 33.9 Å². The topological polar surface area (TPSA) is 88.0 Å². The van der Waals surface area contributed by atoms with Crippen molar-refractivity contribution in [1.82, 2.24) is 4.98 Å². The average Bonchev–Trinajstić information content (AvgIpc) is 2.76. The number of thiazole rings is 1. The number of benzene rings is 1. The molecule has 0 fully saturated rings. The molecule has 1 aromatic carbocycles. The molecule has 0 bridgehead atoms. The minimum absolute atomic E-state index is 0.0787. The van der Waals surface area contributed by atoms with Crippen LogP contribution in [0.5, 0.6) is 0 Å². The highest BCUT2D eigenvalue weighted by molar-refractivity contribution is 14.1. The second kappa shape index (κ2) is 5.65. The number of nitro benzene ring substituents is 1. The Balaban J connectivity index is 2.26. The van der Waals surface area contributed by atoms with Crippen LogP contribution in [0.4, 0.5) is 15.8 Å². The van der Waals surface area contributed by atoms with Gasteiger partial charge in [0, 0.05) is 23.2 Å². The summed E-state index contributed by atoms with van der Waals surface area (Å²) in [6, 6.07) is 2.24. The highest BCUT2D eigenvalue weighted by Crippen LogP contribution is 2.28. The fourth-order valence-electron chi connectivity index (χ4n) is 1.42. The molecule has 19 heavy (non-hydrogen) atoms. The lowest BCUT2D eigenvalue weighted by atomic mass is 10.2. The molecule has 6 nitrogen and oxygen atoms in total. The van der Waals surface area contributed by atoms with E-state index in [0.717, 1.165) is 23.5 Å². The van der Waals surface area contributed by atoms with E-state index in [1.807, 2.05) is 0 Å². The predicted octanol–water partition coefficient (Wildman–Crippen LogP) is 2.70. The van der Waals surface area contributed by atoms with Gasteiger partial charge in [0.25, 0.3) is 5.69 Å². The minimum atomic E-state index is -0.583. The molecule has 2 N–H and O–H groups in total. The molecule has 0 radical (unpaired) electrons. The second-order valence-electron chi connectivity index (χ2n) is 3.57.